The Hall–Kier alpha value is -1.51. The van der Waals surface area contributed by atoms with Crippen LogP contribution < -0.4 is 10.6 Å². The molecule has 0 aliphatic rings. The lowest BCUT2D eigenvalue weighted by Crippen LogP contribution is -2.24. The third-order valence-corrected chi connectivity index (χ3v) is 2.32. The van der Waals surface area contributed by atoms with Crippen molar-refractivity contribution in [2.75, 3.05) is 18.4 Å². The van der Waals surface area contributed by atoms with E-state index in [0.717, 1.165) is 29.8 Å². The summed E-state index contributed by atoms with van der Waals surface area (Å²) in [7, 11) is 0. The molecule has 1 rings (SSSR count). The highest BCUT2D eigenvalue weighted by Crippen LogP contribution is 2.17. The van der Waals surface area contributed by atoms with Crippen LogP contribution in [0.3, 0.4) is 0 Å². The molecule has 0 radical (unpaired) electrons. The maximum absolute atomic E-state index is 11.8. The number of rotatable bonds is 5. The summed E-state index contributed by atoms with van der Waals surface area (Å²) in [4.78, 5) is 11.8. The summed E-state index contributed by atoms with van der Waals surface area (Å²) >= 11 is 0. The van der Waals surface area contributed by atoms with Crippen LogP contribution >= 0.6 is 0 Å². The molecular weight excluding hydrogens is 200 g/mol. The van der Waals surface area contributed by atoms with Gasteiger partial charge in [-0.15, -0.1) is 0 Å². The van der Waals surface area contributed by atoms with Crippen LogP contribution in [0, 0.1) is 6.92 Å². The molecule has 0 unspecified atom stereocenters. The van der Waals surface area contributed by atoms with Gasteiger partial charge in [0.25, 0.3) is 5.91 Å². The second kappa shape index (κ2) is 6.16. The minimum atomic E-state index is -0.00944. The molecule has 0 fully saturated rings. The molecule has 0 spiro atoms. The van der Waals surface area contributed by atoms with Crippen LogP contribution in [0.15, 0.2) is 18.2 Å². The normalized spacial score (nSPS) is 9.94. The Bertz CT molecular complexity index is 361. The van der Waals surface area contributed by atoms with Crippen LogP contribution in [0.4, 0.5) is 5.69 Å². The van der Waals surface area contributed by atoms with Gasteiger partial charge in [0.2, 0.25) is 0 Å². The van der Waals surface area contributed by atoms with E-state index in [-0.39, 0.29) is 5.91 Å². The molecule has 0 aliphatic heterocycles. The molecule has 1 aromatic rings. The van der Waals surface area contributed by atoms with E-state index in [1.165, 1.54) is 0 Å². The Labute approximate surface area is 97.2 Å². The zero-order valence-electron chi connectivity index (χ0n) is 10.3. The fourth-order valence-electron chi connectivity index (χ4n) is 1.52. The highest BCUT2D eigenvalue weighted by molar-refractivity contribution is 5.99. The topological polar surface area (TPSA) is 41.1 Å². The van der Waals surface area contributed by atoms with Crippen molar-refractivity contribution in [1.29, 1.82) is 0 Å². The van der Waals surface area contributed by atoms with Crippen molar-refractivity contribution in [2.45, 2.75) is 27.2 Å². The van der Waals surface area contributed by atoms with Gasteiger partial charge in [0, 0.05) is 18.8 Å². The molecule has 0 saturated carbocycles. The van der Waals surface area contributed by atoms with Crippen molar-refractivity contribution in [1.82, 2.24) is 5.32 Å². The first-order valence-electron chi connectivity index (χ1n) is 5.81. The second-order valence-corrected chi connectivity index (χ2v) is 3.84. The van der Waals surface area contributed by atoms with Gasteiger partial charge in [-0.25, -0.2) is 0 Å². The SMILES string of the molecule is CCCNc1ccc(C)cc1C(=O)NCC. The van der Waals surface area contributed by atoms with Crippen LogP contribution in [0.2, 0.25) is 0 Å². The molecule has 0 heterocycles. The van der Waals surface area contributed by atoms with Gasteiger partial charge in [-0.2, -0.15) is 0 Å². The zero-order valence-corrected chi connectivity index (χ0v) is 10.3. The van der Waals surface area contributed by atoms with E-state index in [4.69, 9.17) is 0 Å². The average molecular weight is 220 g/mol. The molecule has 0 atom stereocenters. The largest absolute Gasteiger partial charge is 0.384 e. The molecule has 88 valence electrons. The van der Waals surface area contributed by atoms with Gasteiger partial charge in [0.1, 0.15) is 0 Å². The van der Waals surface area contributed by atoms with Gasteiger partial charge < -0.3 is 10.6 Å². The van der Waals surface area contributed by atoms with E-state index in [0.29, 0.717) is 6.54 Å². The van der Waals surface area contributed by atoms with Crippen LogP contribution in [-0.4, -0.2) is 19.0 Å². The van der Waals surface area contributed by atoms with E-state index in [2.05, 4.69) is 17.6 Å². The summed E-state index contributed by atoms with van der Waals surface area (Å²) in [5.74, 6) is -0.00944. The lowest BCUT2D eigenvalue weighted by atomic mass is 10.1. The Morgan fingerprint density at radius 3 is 2.69 bits per heavy atom. The summed E-state index contributed by atoms with van der Waals surface area (Å²) in [6.45, 7) is 7.56. The van der Waals surface area contributed by atoms with Gasteiger partial charge in [0.15, 0.2) is 0 Å². The van der Waals surface area contributed by atoms with Crippen molar-refractivity contribution in [3.63, 3.8) is 0 Å². The number of hydrogen-bond acceptors (Lipinski definition) is 2. The second-order valence-electron chi connectivity index (χ2n) is 3.84. The van der Waals surface area contributed by atoms with Crippen LogP contribution in [0.1, 0.15) is 36.2 Å². The minimum Gasteiger partial charge on any atom is -0.384 e. The summed E-state index contributed by atoms with van der Waals surface area (Å²) in [5.41, 5.74) is 2.75. The molecule has 0 aromatic heterocycles. The molecule has 3 heteroatoms. The first-order chi connectivity index (χ1) is 7.69. The van der Waals surface area contributed by atoms with Gasteiger partial charge in [-0.1, -0.05) is 18.6 Å². The highest BCUT2D eigenvalue weighted by atomic mass is 16.1. The Morgan fingerprint density at radius 1 is 1.31 bits per heavy atom. The summed E-state index contributed by atoms with van der Waals surface area (Å²) < 4.78 is 0. The minimum absolute atomic E-state index is 0.00944. The fourth-order valence-corrected chi connectivity index (χ4v) is 1.52. The fraction of sp³-hybridized carbons (Fsp3) is 0.462. The molecule has 2 N–H and O–H groups in total. The number of amides is 1. The van der Waals surface area contributed by atoms with E-state index >= 15 is 0 Å². The van der Waals surface area contributed by atoms with Gasteiger partial charge in [-0.05, 0) is 32.4 Å². The molecule has 16 heavy (non-hydrogen) atoms. The monoisotopic (exact) mass is 220 g/mol. The van der Waals surface area contributed by atoms with Gasteiger partial charge in [-0.3, -0.25) is 4.79 Å². The summed E-state index contributed by atoms with van der Waals surface area (Å²) in [5, 5.41) is 6.10. The van der Waals surface area contributed by atoms with Crippen molar-refractivity contribution in [2.24, 2.45) is 0 Å². The van der Waals surface area contributed by atoms with Crippen molar-refractivity contribution < 1.29 is 4.79 Å². The summed E-state index contributed by atoms with van der Waals surface area (Å²) in [6, 6.07) is 5.90. The highest BCUT2D eigenvalue weighted by Gasteiger charge is 2.09. The lowest BCUT2D eigenvalue weighted by molar-refractivity contribution is 0.0956. The van der Waals surface area contributed by atoms with Crippen molar-refractivity contribution in [3.8, 4) is 0 Å². The van der Waals surface area contributed by atoms with Crippen LogP contribution in [0.5, 0.6) is 0 Å². The third kappa shape index (κ3) is 3.26. The van der Waals surface area contributed by atoms with Crippen LogP contribution in [0.25, 0.3) is 0 Å². The van der Waals surface area contributed by atoms with Gasteiger partial charge in [0.05, 0.1) is 5.56 Å². The number of benzene rings is 1. The van der Waals surface area contributed by atoms with E-state index in [1.807, 2.05) is 32.0 Å². The van der Waals surface area contributed by atoms with E-state index in [1.54, 1.807) is 0 Å². The van der Waals surface area contributed by atoms with Crippen LogP contribution in [-0.2, 0) is 0 Å². The molecule has 1 amide bonds. The van der Waals surface area contributed by atoms with E-state index in [9.17, 15) is 4.79 Å². The number of carbonyl (C=O) groups excluding carboxylic acids is 1. The smallest absolute Gasteiger partial charge is 0.253 e. The first kappa shape index (κ1) is 12.6. The zero-order chi connectivity index (χ0) is 12.0. The van der Waals surface area contributed by atoms with Gasteiger partial charge >= 0.3 is 0 Å². The molecule has 0 saturated heterocycles. The summed E-state index contributed by atoms with van der Waals surface area (Å²) in [6.07, 6.45) is 1.04. The lowest BCUT2D eigenvalue weighted by Gasteiger charge is -2.11. The van der Waals surface area contributed by atoms with E-state index < -0.39 is 0 Å². The average Bonchev–Trinajstić information content (AvgIpc) is 2.27. The Kier molecular flexibility index (Phi) is 4.83. The molecule has 3 nitrogen and oxygen atoms in total. The molecular formula is C13H20N2O. The predicted octanol–water partition coefficient (Wildman–Crippen LogP) is 2.57. The maximum atomic E-state index is 11.8. The number of anilines is 1. The number of hydrogen-bond donors (Lipinski definition) is 2. The number of aryl methyl sites for hydroxylation is 1. The van der Waals surface area contributed by atoms with Crippen molar-refractivity contribution >= 4 is 11.6 Å². The molecule has 1 aromatic carbocycles. The standard InChI is InChI=1S/C13H20N2O/c1-4-8-15-12-7-6-10(3)9-11(12)13(16)14-5-2/h6-7,9,15H,4-5,8H2,1-3H3,(H,14,16). The quantitative estimate of drug-likeness (QED) is 0.800. The number of nitrogens with one attached hydrogen (secondary N) is 2. The maximum Gasteiger partial charge on any atom is 0.253 e. The molecule has 0 bridgehead atoms. The first-order valence-corrected chi connectivity index (χ1v) is 5.81. The Morgan fingerprint density at radius 2 is 2.06 bits per heavy atom. The predicted molar refractivity (Wildman–Crippen MR) is 68.0 cm³/mol. The molecule has 0 aliphatic carbocycles. The van der Waals surface area contributed by atoms with Crippen molar-refractivity contribution in [3.05, 3.63) is 29.3 Å². The number of carbonyl (C=O) groups is 1. The Balaban J connectivity index is 2.93. The third-order valence-electron chi connectivity index (χ3n) is 2.32.